The van der Waals surface area contributed by atoms with Gasteiger partial charge in [0.25, 0.3) is 0 Å². The molecule has 1 fully saturated rings. The zero-order valence-corrected chi connectivity index (χ0v) is 11.6. The van der Waals surface area contributed by atoms with Gasteiger partial charge in [-0.15, -0.1) is 11.6 Å². The van der Waals surface area contributed by atoms with Crippen LogP contribution in [0, 0.1) is 0 Å². The maximum atomic E-state index is 6.14. The molecule has 0 amide bonds. The molecule has 17 heavy (non-hydrogen) atoms. The summed E-state index contributed by atoms with van der Waals surface area (Å²) >= 11 is 17.8. The topological polar surface area (TPSA) is 25.4 Å². The molecule has 0 radical (unpaired) electrons. The number of hydrogen-bond donors (Lipinski definition) is 0. The van der Waals surface area contributed by atoms with Gasteiger partial charge in [-0.1, -0.05) is 23.2 Å². The molecule has 0 bridgehead atoms. The monoisotopic (exact) mass is 294 g/mol. The molecule has 0 N–H and O–H groups in total. The van der Waals surface area contributed by atoms with Crippen molar-refractivity contribution in [1.29, 1.82) is 0 Å². The van der Waals surface area contributed by atoms with Gasteiger partial charge in [0.15, 0.2) is 0 Å². The van der Waals surface area contributed by atoms with Crippen LogP contribution in [0.2, 0.25) is 10.0 Å². The summed E-state index contributed by atoms with van der Waals surface area (Å²) in [5.41, 5.74) is 0. The fourth-order valence-corrected chi connectivity index (χ4v) is 2.61. The molecule has 2 unspecified atom stereocenters. The van der Waals surface area contributed by atoms with E-state index >= 15 is 0 Å². The van der Waals surface area contributed by atoms with Crippen LogP contribution < -0.4 is 4.90 Å². The first-order chi connectivity index (χ1) is 8.10. The Morgan fingerprint density at radius 3 is 2.88 bits per heavy atom. The quantitative estimate of drug-likeness (QED) is 0.783. The van der Waals surface area contributed by atoms with E-state index in [0.29, 0.717) is 22.5 Å². The summed E-state index contributed by atoms with van der Waals surface area (Å²) < 4.78 is 5.68. The third-order valence-corrected chi connectivity index (χ3v) is 3.42. The van der Waals surface area contributed by atoms with Gasteiger partial charge in [-0.2, -0.15) is 0 Å². The Labute approximate surface area is 116 Å². The molecule has 0 aliphatic carbocycles. The van der Waals surface area contributed by atoms with Crippen molar-refractivity contribution >= 4 is 40.6 Å². The Bertz CT molecular complexity index is 402. The number of halogens is 3. The van der Waals surface area contributed by atoms with Crippen molar-refractivity contribution in [2.45, 2.75) is 19.1 Å². The lowest BCUT2D eigenvalue weighted by molar-refractivity contribution is -0.00356. The molecular weight excluding hydrogens is 282 g/mol. The average molecular weight is 296 g/mol. The molecule has 0 saturated carbocycles. The molecule has 3 nitrogen and oxygen atoms in total. The Hall–Kier alpha value is -0.220. The fraction of sp³-hybridized carbons (Fsp3) is 0.545. The van der Waals surface area contributed by atoms with Gasteiger partial charge < -0.3 is 9.64 Å². The first-order valence-corrected chi connectivity index (χ1v) is 6.66. The number of hydrogen-bond acceptors (Lipinski definition) is 3. The number of rotatable bonds is 2. The standard InChI is InChI=1S/C11H13Cl3N2O/c1-7-5-16(6-9(3-12)17-7)11-10(14)2-8(13)4-15-11/h2,4,7,9H,3,5-6H2,1H3. The number of nitrogens with zero attached hydrogens (tertiary/aromatic N) is 2. The van der Waals surface area contributed by atoms with Gasteiger partial charge in [-0.05, 0) is 13.0 Å². The van der Waals surface area contributed by atoms with Crippen LogP contribution in [0.4, 0.5) is 5.82 Å². The Kier molecular flexibility index (Phi) is 4.36. The van der Waals surface area contributed by atoms with Crippen LogP contribution >= 0.6 is 34.8 Å². The van der Waals surface area contributed by atoms with E-state index in [-0.39, 0.29) is 12.2 Å². The van der Waals surface area contributed by atoms with Crippen LogP contribution in [-0.2, 0) is 4.74 Å². The summed E-state index contributed by atoms with van der Waals surface area (Å²) in [6.07, 6.45) is 1.72. The van der Waals surface area contributed by atoms with Crippen LogP contribution in [0.1, 0.15) is 6.92 Å². The normalized spacial score (nSPS) is 25.1. The van der Waals surface area contributed by atoms with Crippen molar-refractivity contribution in [2.75, 3.05) is 23.9 Å². The Balaban J connectivity index is 2.20. The summed E-state index contributed by atoms with van der Waals surface area (Å²) in [5.74, 6) is 1.20. The van der Waals surface area contributed by atoms with Gasteiger partial charge in [0.1, 0.15) is 5.82 Å². The molecule has 2 atom stereocenters. The minimum absolute atomic E-state index is 0.00830. The first kappa shape index (κ1) is 13.2. The van der Waals surface area contributed by atoms with Gasteiger partial charge in [0.2, 0.25) is 0 Å². The highest BCUT2D eigenvalue weighted by molar-refractivity contribution is 6.36. The molecule has 0 spiro atoms. The van der Waals surface area contributed by atoms with E-state index in [9.17, 15) is 0 Å². The van der Waals surface area contributed by atoms with Crippen LogP contribution in [0.25, 0.3) is 0 Å². The maximum absolute atomic E-state index is 6.14. The van der Waals surface area contributed by atoms with Crippen molar-refractivity contribution in [3.05, 3.63) is 22.3 Å². The fourth-order valence-electron chi connectivity index (χ4n) is 1.94. The van der Waals surface area contributed by atoms with E-state index in [4.69, 9.17) is 39.5 Å². The smallest absolute Gasteiger partial charge is 0.147 e. The summed E-state index contributed by atoms with van der Waals surface area (Å²) in [5, 5.41) is 1.09. The second-order valence-corrected chi connectivity index (χ2v) is 5.24. The minimum Gasteiger partial charge on any atom is -0.370 e. The van der Waals surface area contributed by atoms with Gasteiger partial charge in [0, 0.05) is 19.3 Å². The van der Waals surface area contributed by atoms with Gasteiger partial charge >= 0.3 is 0 Å². The highest BCUT2D eigenvalue weighted by Crippen LogP contribution is 2.28. The van der Waals surface area contributed by atoms with E-state index in [2.05, 4.69) is 9.88 Å². The summed E-state index contributed by atoms with van der Waals surface area (Å²) in [6.45, 7) is 3.46. The molecule has 2 heterocycles. The van der Waals surface area contributed by atoms with Crippen LogP contribution in [0.3, 0.4) is 0 Å². The predicted molar refractivity (Wildman–Crippen MR) is 71.5 cm³/mol. The van der Waals surface area contributed by atoms with Gasteiger partial charge in [0.05, 0.1) is 28.1 Å². The predicted octanol–water partition coefficient (Wildman–Crippen LogP) is 3.22. The number of alkyl halides is 1. The lowest BCUT2D eigenvalue weighted by Gasteiger charge is -2.37. The lowest BCUT2D eigenvalue weighted by Crippen LogP contribution is -2.47. The minimum atomic E-state index is 0.00830. The lowest BCUT2D eigenvalue weighted by atomic mass is 10.2. The molecule has 1 saturated heterocycles. The molecule has 2 rings (SSSR count). The van der Waals surface area contributed by atoms with Gasteiger partial charge in [-0.25, -0.2) is 4.98 Å². The molecule has 94 valence electrons. The summed E-state index contributed by atoms with van der Waals surface area (Å²) in [4.78, 5) is 6.35. The van der Waals surface area contributed by atoms with E-state index in [1.54, 1.807) is 12.3 Å². The van der Waals surface area contributed by atoms with E-state index in [1.165, 1.54) is 0 Å². The van der Waals surface area contributed by atoms with Crippen LogP contribution in [0.5, 0.6) is 0 Å². The van der Waals surface area contributed by atoms with Crippen molar-refractivity contribution < 1.29 is 4.74 Å². The van der Waals surface area contributed by atoms with Gasteiger partial charge in [-0.3, -0.25) is 0 Å². The summed E-state index contributed by atoms with van der Waals surface area (Å²) in [6, 6.07) is 1.70. The van der Waals surface area contributed by atoms with E-state index in [0.717, 1.165) is 12.4 Å². The maximum Gasteiger partial charge on any atom is 0.147 e. The Morgan fingerprint density at radius 2 is 2.24 bits per heavy atom. The average Bonchev–Trinajstić information content (AvgIpc) is 2.28. The molecule has 1 aromatic rings. The first-order valence-electron chi connectivity index (χ1n) is 5.37. The van der Waals surface area contributed by atoms with Crippen LogP contribution in [0.15, 0.2) is 12.3 Å². The highest BCUT2D eigenvalue weighted by atomic mass is 35.5. The molecule has 0 aromatic carbocycles. The van der Waals surface area contributed by atoms with Crippen molar-refractivity contribution in [3.8, 4) is 0 Å². The zero-order chi connectivity index (χ0) is 12.4. The molecule has 6 heteroatoms. The Morgan fingerprint density at radius 1 is 1.47 bits per heavy atom. The molecular formula is C11H13Cl3N2O. The third kappa shape index (κ3) is 3.16. The SMILES string of the molecule is CC1CN(c2ncc(Cl)cc2Cl)CC(CCl)O1. The third-order valence-electron chi connectivity index (χ3n) is 2.59. The number of morpholine rings is 1. The second-order valence-electron chi connectivity index (χ2n) is 4.09. The summed E-state index contributed by atoms with van der Waals surface area (Å²) in [7, 11) is 0. The molecule has 1 aliphatic heterocycles. The van der Waals surface area contributed by atoms with Crippen LogP contribution in [-0.4, -0.2) is 36.2 Å². The highest BCUT2D eigenvalue weighted by Gasteiger charge is 2.26. The number of anilines is 1. The number of ether oxygens (including phenoxy) is 1. The van der Waals surface area contributed by atoms with Crippen molar-refractivity contribution in [3.63, 3.8) is 0 Å². The van der Waals surface area contributed by atoms with Crippen molar-refractivity contribution in [2.24, 2.45) is 0 Å². The zero-order valence-electron chi connectivity index (χ0n) is 9.37. The number of aromatic nitrogens is 1. The van der Waals surface area contributed by atoms with Crippen molar-refractivity contribution in [1.82, 2.24) is 4.98 Å². The number of pyridine rings is 1. The second kappa shape index (κ2) is 5.61. The molecule has 1 aliphatic rings. The van der Waals surface area contributed by atoms with E-state index in [1.807, 2.05) is 6.92 Å². The van der Waals surface area contributed by atoms with E-state index < -0.39 is 0 Å². The molecule has 1 aromatic heterocycles. The largest absolute Gasteiger partial charge is 0.370 e.